The van der Waals surface area contributed by atoms with Gasteiger partial charge in [0.2, 0.25) is 0 Å². The minimum atomic E-state index is -0.329. The Morgan fingerprint density at radius 2 is 1.88 bits per heavy atom. The van der Waals surface area contributed by atoms with Crippen LogP contribution in [0.3, 0.4) is 0 Å². The van der Waals surface area contributed by atoms with E-state index in [9.17, 15) is 14.0 Å². The number of hydrogen-bond acceptors (Lipinski definition) is 6. The summed E-state index contributed by atoms with van der Waals surface area (Å²) in [6.45, 7) is 3.51. The van der Waals surface area contributed by atoms with Gasteiger partial charge >= 0.3 is 0 Å². The molecule has 174 valence electrons. The first kappa shape index (κ1) is 23.2. The largest absolute Gasteiger partial charge is 0.356 e. The molecule has 1 aromatic carbocycles. The average Bonchev–Trinajstić information content (AvgIpc) is 3.58. The number of Topliss-reactive ketones (excluding diaryl/α,β-unsaturated/α-hetero) is 1. The van der Waals surface area contributed by atoms with Gasteiger partial charge in [-0.1, -0.05) is 11.8 Å². The molecule has 3 heterocycles. The number of aromatic amines is 1. The molecule has 4 rings (SSSR count). The molecule has 0 aliphatic carbocycles. The predicted molar refractivity (Wildman–Crippen MR) is 124 cm³/mol. The summed E-state index contributed by atoms with van der Waals surface area (Å²) in [5, 5.41) is 9.20. The number of carbonyl (C=O) groups excluding carboxylic acids is 2. The Kier molecular flexibility index (Phi) is 6.94. The Morgan fingerprint density at radius 3 is 2.55 bits per heavy atom. The van der Waals surface area contributed by atoms with Crippen molar-refractivity contribution in [3.63, 3.8) is 0 Å². The van der Waals surface area contributed by atoms with Gasteiger partial charge in [0.15, 0.2) is 16.8 Å². The van der Waals surface area contributed by atoms with E-state index in [1.54, 1.807) is 29.3 Å². The van der Waals surface area contributed by atoms with Crippen molar-refractivity contribution in [1.29, 1.82) is 0 Å². The van der Waals surface area contributed by atoms with E-state index >= 15 is 0 Å². The number of carbonyl (C=O) groups is 2. The van der Waals surface area contributed by atoms with Crippen LogP contribution < -0.4 is 0 Å². The zero-order valence-corrected chi connectivity index (χ0v) is 19.7. The number of hydrogen-bond donors (Lipinski definition) is 1. The summed E-state index contributed by atoms with van der Waals surface area (Å²) in [7, 11) is 3.88. The Hall–Kier alpha value is -2.98. The zero-order chi connectivity index (χ0) is 23.5. The molecule has 8 nitrogen and oxygen atoms in total. The zero-order valence-electron chi connectivity index (χ0n) is 18.9. The van der Waals surface area contributed by atoms with E-state index in [2.05, 4.69) is 15.2 Å². The maximum atomic E-state index is 13.5. The number of nitrogens with zero attached hydrogens (tertiary/aromatic N) is 5. The molecule has 0 radical (unpaired) electrons. The van der Waals surface area contributed by atoms with E-state index in [1.165, 1.54) is 23.9 Å². The monoisotopic (exact) mass is 470 g/mol. The van der Waals surface area contributed by atoms with Crippen LogP contribution in [0.4, 0.5) is 4.39 Å². The molecular weight excluding hydrogens is 443 g/mol. The lowest BCUT2D eigenvalue weighted by molar-refractivity contribution is 0.0787. The van der Waals surface area contributed by atoms with Crippen LogP contribution in [0.2, 0.25) is 0 Å². The highest BCUT2D eigenvalue weighted by atomic mass is 32.2. The Morgan fingerprint density at radius 1 is 1.18 bits per heavy atom. The first-order valence-electron chi connectivity index (χ1n) is 10.9. The molecule has 1 aliphatic heterocycles. The third-order valence-corrected chi connectivity index (χ3v) is 6.78. The smallest absolute Gasteiger partial charge is 0.270 e. The molecule has 10 heteroatoms. The topological polar surface area (TPSA) is 87.1 Å². The Labute approximate surface area is 196 Å². The number of halogens is 1. The van der Waals surface area contributed by atoms with Crippen molar-refractivity contribution in [2.45, 2.75) is 31.0 Å². The van der Waals surface area contributed by atoms with Crippen molar-refractivity contribution in [3.05, 3.63) is 59.4 Å². The summed E-state index contributed by atoms with van der Waals surface area (Å²) in [4.78, 5) is 32.1. The van der Waals surface area contributed by atoms with Crippen molar-refractivity contribution in [2.24, 2.45) is 0 Å². The van der Waals surface area contributed by atoms with E-state index < -0.39 is 0 Å². The van der Waals surface area contributed by atoms with Gasteiger partial charge in [0.25, 0.3) is 5.91 Å². The summed E-state index contributed by atoms with van der Waals surface area (Å²) >= 11 is 1.26. The predicted octanol–water partition coefficient (Wildman–Crippen LogP) is 3.57. The number of H-pyrrole nitrogens is 1. The lowest BCUT2D eigenvalue weighted by atomic mass is 10.2. The first-order valence-corrected chi connectivity index (χ1v) is 11.8. The first-order chi connectivity index (χ1) is 15.8. The number of rotatable bonds is 8. The van der Waals surface area contributed by atoms with Gasteiger partial charge in [-0.05, 0) is 64.2 Å². The van der Waals surface area contributed by atoms with Crippen LogP contribution in [-0.2, 0) is 0 Å². The maximum Gasteiger partial charge on any atom is 0.270 e. The van der Waals surface area contributed by atoms with Gasteiger partial charge in [0.1, 0.15) is 11.5 Å². The van der Waals surface area contributed by atoms with E-state index in [4.69, 9.17) is 0 Å². The van der Waals surface area contributed by atoms with E-state index in [-0.39, 0.29) is 29.3 Å². The molecule has 0 unspecified atom stereocenters. The third kappa shape index (κ3) is 5.01. The van der Waals surface area contributed by atoms with Gasteiger partial charge in [-0.3, -0.25) is 19.1 Å². The second-order valence-corrected chi connectivity index (χ2v) is 9.25. The van der Waals surface area contributed by atoms with Crippen molar-refractivity contribution in [3.8, 4) is 5.69 Å². The summed E-state index contributed by atoms with van der Waals surface area (Å²) in [6.07, 6.45) is 3.60. The molecule has 1 aliphatic rings. The molecular formula is C23H27FN6O2S. The van der Waals surface area contributed by atoms with Crippen LogP contribution in [0.15, 0.2) is 41.7 Å². The van der Waals surface area contributed by atoms with E-state index in [0.29, 0.717) is 22.2 Å². The van der Waals surface area contributed by atoms with Gasteiger partial charge in [0.05, 0.1) is 11.8 Å². The van der Waals surface area contributed by atoms with Crippen LogP contribution in [0.5, 0.6) is 0 Å². The minimum Gasteiger partial charge on any atom is -0.356 e. The van der Waals surface area contributed by atoms with Crippen LogP contribution in [0.25, 0.3) is 5.69 Å². The minimum absolute atomic E-state index is 0.0450. The van der Waals surface area contributed by atoms with Gasteiger partial charge in [0, 0.05) is 30.5 Å². The number of thioether (sulfide) groups is 1. The molecule has 1 fully saturated rings. The second-order valence-electron chi connectivity index (χ2n) is 8.31. The van der Waals surface area contributed by atoms with Crippen molar-refractivity contribution in [2.75, 3.05) is 32.9 Å². The van der Waals surface area contributed by atoms with E-state index in [1.807, 2.05) is 30.5 Å². The van der Waals surface area contributed by atoms with Gasteiger partial charge < -0.3 is 9.88 Å². The standard InChI is InChI=1S/C23H27FN6O2S/c1-15(28(2)3)21-26-27-23(30(21)18-8-6-17(24)7-9-18)33-14-20(31)16-12-19(25-13-16)22(32)29-10-4-5-11-29/h6-9,12-13,15,25H,4-5,10-11,14H2,1-3H3/t15-/m0/s1. The molecule has 1 saturated heterocycles. The lowest BCUT2D eigenvalue weighted by Crippen LogP contribution is -2.27. The van der Waals surface area contributed by atoms with Crippen molar-refractivity contribution in [1.82, 2.24) is 29.5 Å². The number of likely N-dealkylation sites (tertiary alicyclic amines) is 1. The summed E-state index contributed by atoms with van der Waals surface area (Å²) < 4.78 is 15.3. The second kappa shape index (κ2) is 9.88. The Balaban J connectivity index is 1.51. The molecule has 1 amide bonds. The van der Waals surface area contributed by atoms with Gasteiger partial charge in [-0.25, -0.2) is 4.39 Å². The highest BCUT2D eigenvalue weighted by molar-refractivity contribution is 7.99. The quantitative estimate of drug-likeness (QED) is 0.400. The van der Waals surface area contributed by atoms with Gasteiger partial charge in [-0.2, -0.15) is 0 Å². The van der Waals surface area contributed by atoms with Crippen LogP contribution in [0, 0.1) is 5.82 Å². The molecule has 2 aromatic heterocycles. The van der Waals surface area contributed by atoms with Crippen LogP contribution >= 0.6 is 11.8 Å². The summed E-state index contributed by atoms with van der Waals surface area (Å²) in [5.41, 5.74) is 1.61. The summed E-state index contributed by atoms with van der Waals surface area (Å²) in [6, 6.07) is 7.68. The summed E-state index contributed by atoms with van der Waals surface area (Å²) in [5.74, 6) is 0.308. The molecule has 3 aromatic rings. The third-order valence-electron chi connectivity index (χ3n) is 5.85. The molecule has 0 saturated carbocycles. The molecule has 1 N–H and O–H groups in total. The molecule has 33 heavy (non-hydrogen) atoms. The highest BCUT2D eigenvalue weighted by Gasteiger charge is 2.24. The maximum absolute atomic E-state index is 13.5. The van der Waals surface area contributed by atoms with Gasteiger partial charge in [-0.15, -0.1) is 10.2 Å². The number of aromatic nitrogens is 4. The number of ketones is 1. The Bertz CT molecular complexity index is 1130. The fraction of sp³-hybridized carbons (Fsp3) is 0.391. The van der Waals surface area contributed by atoms with Crippen LogP contribution in [0.1, 0.15) is 52.5 Å². The lowest BCUT2D eigenvalue weighted by Gasteiger charge is -2.20. The van der Waals surface area contributed by atoms with Crippen molar-refractivity contribution < 1.29 is 14.0 Å². The van der Waals surface area contributed by atoms with Crippen molar-refractivity contribution >= 4 is 23.5 Å². The molecule has 0 bridgehead atoms. The molecule has 1 atom stereocenters. The number of benzene rings is 1. The SMILES string of the molecule is C[C@@H](c1nnc(SCC(=O)c2c[nH]c(C(=O)N3CCCC3)c2)n1-c1ccc(F)cc1)N(C)C. The number of nitrogens with one attached hydrogen (secondary N) is 1. The normalized spacial score (nSPS) is 14.8. The highest BCUT2D eigenvalue weighted by Crippen LogP contribution is 2.27. The van der Waals surface area contributed by atoms with Crippen LogP contribution in [-0.4, -0.2) is 74.2 Å². The van der Waals surface area contributed by atoms with E-state index in [0.717, 1.165) is 31.6 Å². The molecule has 0 spiro atoms. The number of amides is 1. The average molecular weight is 471 g/mol. The fourth-order valence-electron chi connectivity index (χ4n) is 3.69. The fourth-order valence-corrected chi connectivity index (χ4v) is 4.55.